The van der Waals surface area contributed by atoms with Crippen LogP contribution in [0.3, 0.4) is 0 Å². The highest BCUT2D eigenvalue weighted by Gasteiger charge is 2.41. The van der Waals surface area contributed by atoms with Gasteiger partial charge in [0.15, 0.2) is 0 Å². The van der Waals surface area contributed by atoms with Crippen LogP contribution in [0.4, 0.5) is 18.9 Å². The Morgan fingerprint density at radius 3 is 2.24 bits per heavy atom. The van der Waals surface area contributed by atoms with Gasteiger partial charge in [-0.15, -0.1) is 0 Å². The second-order valence-electron chi connectivity index (χ2n) is 6.24. The average molecular weight is 348 g/mol. The highest BCUT2D eigenvalue weighted by Crippen LogP contribution is 2.35. The minimum absolute atomic E-state index is 0.0573. The monoisotopic (exact) mass is 348 g/mol. The molecule has 1 fully saturated rings. The molecule has 1 aliphatic rings. The lowest BCUT2D eigenvalue weighted by atomic mass is 9.93. The molecule has 2 aromatic rings. The van der Waals surface area contributed by atoms with E-state index in [9.17, 15) is 18.0 Å². The van der Waals surface area contributed by atoms with Crippen LogP contribution >= 0.6 is 0 Å². The first-order valence-corrected chi connectivity index (χ1v) is 8.18. The Balaban J connectivity index is 1.86. The fourth-order valence-electron chi connectivity index (χ4n) is 3.26. The Labute approximate surface area is 144 Å². The van der Waals surface area contributed by atoms with E-state index < -0.39 is 12.1 Å². The predicted octanol–water partition coefficient (Wildman–Crippen LogP) is 4.35. The van der Waals surface area contributed by atoms with E-state index in [-0.39, 0.29) is 31.8 Å². The summed E-state index contributed by atoms with van der Waals surface area (Å²) in [5.41, 5.74) is 8.43. The Hall–Kier alpha value is -2.50. The van der Waals surface area contributed by atoms with Crippen molar-refractivity contribution in [1.29, 1.82) is 0 Å². The van der Waals surface area contributed by atoms with Crippen molar-refractivity contribution in [2.24, 2.45) is 5.92 Å². The zero-order valence-corrected chi connectivity index (χ0v) is 13.6. The van der Waals surface area contributed by atoms with E-state index in [0.717, 1.165) is 5.56 Å². The number of anilines is 1. The van der Waals surface area contributed by atoms with Crippen molar-refractivity contribution in [3.8, 4) is 11.1 Å². The summed E-state index contributed by atoms with van der Waals surface area (Å²) in [6, 6.07) is 14.4. The third kappa shape index (κ3) is 3.62. The van der Waals surface area contributed by atoms with Gasteiger partial charge in [0.1, 0.15) is 0 Å². The zero-order valence-electron chi connectivity index (χ0n) is 13.6. The van der Waals surface area contributed by atoms with E-state index in [4.69, 9.17) is 5.73 Å². The molecule has 132 valence electrons. The number of nitrogens with zero attached hydrogens (tertiary/aromatic N) is 1. The lowest BCUT2D eigenvalue weighted by molar-refractivity contribution is -0.183. The van der Waals surface area contributed by atoms with Crippen LogP contribution < -0.4 is 5.73 Å². The molecule has 6 heteroatoms. The van der Waals surface area contributed by atoms with Gasteiger partial charge >= 0.3 is 6.18 Å². The number of amides is 1. The van der Waals surface area contributed by atoms with Gasteiger partial charge in [0.2, 0.25) is 0 Å². The average Bonchev–Trinajstić information content (AvgIpc) is 2.61. The summed E-state index contributed by atoms with van der Waals surface area (Å²) in [7, 11) is 0. The number of carbonyl (C=O) groups excluding carboxylic acids is 1. The fourth-order valence-corrected chi connectivity index (χ4v) is 3.26. The summed E-state index contributed by atoms with van der Waals surface area (Å²) >= 11 is 0. The number of hydrogen-bond donors (Lipinski definition) is 1. The number of halogens is 3. The van der Waals surface area contributed by atoms with Gasteiger partial charge < -0.3 is 10.6 Å². The van der Waals surface area contributed by atoms with Crippen LogP contribution in [-0.4, -0.2) is 30.1 Å². The summed E-state index contributed by atoms with van der Waals surface area (Å²) in [6.07, 6.45) is -4.31. The number of nitrogens with two attached hydrogens (primary N) is 1. The largest absolute Gasteiger partial charge is 0.398 e. The minimum atomic E-state index is -4.19. The lowest BCUT2D eigenvalue weighted by Gasteiger charge is -2.33. The zero-order chi connectivity index (χ0) is 18.0. The van der Waals surface area contributed by atoms with Crippen LogP contribution in [0.25, 0.3) is 11.1 Å². The van der Waals surface area contributed by atoms with E-state index >= 15 is 0 Å². The SMILES string of the molecule is Nc1cccc(C(=O)N2CCC(C(F)(F)F)CC2)c1-c1ccccc1. The van der Waals surface area contributed by atoms with E-state index in [2.05, 4.69) is 0 Å². The van der Waals surface area contributed by atoms with Gasteiger partial charge in [-0.25, -0.2) is 0 Å². The number of likely N-dealkylation sites (tertiary alicyclic amines) is 1. The summed E-state index contributed by atoms with van der Waals surface area (Å²) in [5, 5.41) is 0. The molecule has 1 heterocycles. The molecular weight excluding hydrogens is 329 g/mol. The number of carbonyl (C=O) groups is 1. The number of piperidine rings is 1. The van der Waals surface area contributed by atoms with Gasteiger partial charge in [0.25, 0.3) is 5.91 Å². The topological polar surface area (TPSA) is 46.3 Å². The maximum Gasteiger partial charge on any atom is 0.391 e. The molecule has 1 saturated heterocycles. The van der Waals surface area contributed by atoms with E-state index in [0.29, 0.717) is 16.8 Å². The first-order valence-electron chi connectivity index (χ1n) is 8.18. The van der Waals surface area contributed by atoms with Crippen LogP contribution in [0.5, 0.6) is 0 Å². The molecule has 0 unspecified atom stereocenters. The number of hydrogen-bond acceptors (Lipinski definition) is 2. The fraction of sp³-hybridized carbons (Fsp3) is 0.316. The summed E-state index contributed by atoms with van der Waals surface area (Å²) in [4.78, 5) is 14.4. The molecule has 3 rings (SSSR count). The number of alkyl halides is 3. The second kappa shape index (κ2) is 6.78. The number of benzene rings is 2. The molecule has 0 aliphatic carbocycles. The molecule has 0 bridgehead atoms. The molecule has 2 N–H and O–H groups in total. The Kier molecular flexibility index (Phi) is 4.70. The van der Waals surface area contributed by atoms with Crippen molar-refractivity contribution in [1.82, 2.24) is 4.90 Å². The summed E-state index contributed by atoms with van der Waals surface area (Å²) < 4.78 is 38.4. The Bertz CT molecular complexity index is 751. The molecule has 0 saturated carbocycles. The van der Waals surface area contributed by atoms with Crippen molar-refractivity contribution in [2.45, 2.75) is 19.0 Å². The maximum atomic E-state index is 12.9. The van der Waals surface area contributed by atoms with Gasteiger partial charge in [-0.1, -0.05) is 36.4 Å². The molecule has 3 nitrogen and oxygen atoms in total. The maximum absolute atomic E-state index is 12.9. The van der Waals surface area contributed by atoms with Crippen LogP contribution in [-0.2, 0) is 0 Å². The van der Waals surface area contributed by atoms with Gasteiger partial charge in [-0.05, 0) is 30.5 Å². The minimum Gasteiger partial charge on any atom is -0.398 e. The van der Waals surface area contributed by atoms with Crippen LogP contribution in [0.15, 0.2) is 48.5 Å². The molecule has 25 heavy (non-hydrogen) atoms. The van der Waals surface area contributed by atoms with Gasteiger partial charge in [0, 0.05) is 29.9 Å². The Morgan fingerprint density at radius 2 is 1.64 bits per heavy atom. The smallest absolute Gasteiger partial charge is 0.391 e. The molecule has 0 radical (unpaired) electrons. The predicted molar refractivity (Wildman–Crippen MR) is 91.0 cm³/mol. The molecule has 0 spiro atoms. The van der Waals surface area contributed by atoms with Gasteiger partial charge in [-0.3, -0.25) is 4.79 Å². The van der Waals surface area contributed by atoms with Crippen molar-refractivity contribution >= 4 is 11.6 Å². The molecule has 0 atom stereocenters. The van der Waals surface area contributed by atoms with Crippen LogP contribution in [0.2, 0.25) is 0 Å². The number of rotatable bonds is 2. The van der Waals surface area contributed by atoms with Gasteiger partial charge in [-0.2, -0.15) is 13.2 Å². The number of nitrogen functional groups attached to an aromatic ring is 1. The van der Waals surface area contributed by atoms with Crippen molar-refractivity contribution in [2.75, 3.05) is 18.8 Å². The summed E-state index contributed by atoms with van der Waals surface area (Å²) in [6.45, 7) is 0.206. The van der Waals surface area contributed by atoms with Crippen molar-refractivity contribution in [3.63, 3.8) is 0 Å². The molecule has 1 amide bonds. The summed E-state index contributed by atoms with van der Waals surface area (Å²) in [5.74, 6) is -1.60. The Morgan fingerprint density at radius 1 is 1.00 bits per heavy atom. The standard InChI is InChI=1S/C19H19F3N2O/c20-19(21,22)14-9-11-24(12-10-14)18(25)15-7-4-8-16(23)17(15)13-5-2-1-3-6-13/h1-8,14H,9-12,23H2. The molecular formula is C19H19F3N2O. The quantitative estimate of drug-likeness (QED) is 0.820. The third-order valence-electron chi connectivity index (χ3n) is 4.63. The van der Waals surface area contributed by atoms with E-state index in [1.807, 2.05) is 30.3 Å². The van der Waals surface area contributed by atoms with Crippen molar-refractivity contribution in [3.05, 3.63) is 54.1 Å². The first-order chi connectivity index (χ1) is 11.9. The van der Waals surface area contributed by atoms with E-state index in [1.54, 1.807) is 18.2 Å². The van der Waals surface area contributed by atoms with Crippen molar-refractivity contribution < 1.29 is 18.0 Å². The lowest BCUT2D eigenvalue weighted by Crippen LogP contribution is -2.42. The highest BCUT2D eigenvalue weighted by molar-refractivity contribution is 6.03. The highest BCUT2D eigenvalue weighted by atomic mass is 19.4. The molecule has 1 aliphatic heterocycles. The van der Waals surface area contributed by atoms with Crippen LogP contribution in [0.1, 0.15) is 23.2 Å². The molecule has 0 aromatic heterocycles. The second-order valence-corrected chi connectivity index (χ2v) is 6.24. The van der Waals surface area contributed by atoms with E-state index in [1.165, 1.54) is 4.90 Å². The van der Waals surface area contributed by atoms with Crippen LogP contribution in [0, 0.1) is 5.92 Å². The first kappa shape index (κ1) is 17.3. The van der Waals surface area contributed by atoms with Gasteiger partial charge in [0.05, 0.1) is 5.92 Å². The normalized spacial score (nSPS) is 16.0. The third-order valence-corrected chi connectivity index (χ3v) is 4.63. The molecule has 2 aromatic carbocycles.